The number of benzene rings is 1. The fraction of sp³-hybridized carbons (Fsp3) is 0.500. The third-order valence-corrected chi connectivity index (χ3v) is 6.77. The summed E-state index contributed by atoms with van der Waals surface area (Å²) in [6, 6.07) is 11.9. The average molecular weight is 452 g/mol. The summed E-state index contributed by atoms with van der Waals surface area (Å²) in [6.45, 7) is 1.72. The molecule has 1 aromatic carbocycles. The van der Waals surface area contributed by atoms with E-state index >= 15 is 0 Å². The number of hydrogen-bond acceptors (Lipinski definition) is 5. The summed E-state index contributed by atoms with van der Waals surface area (Å²) >= 11 is 0. The molecule has 2 amide bonds. The minimum absolute atomic E-state index is 0.0397. The molecule has 0 saturated carbocycles. The zero-order valence-corrected chi connectivity index (χ0v) is 19.5. The number of carbonyl (C=O) groups excluding carboxylic acids is 2. The van der Waals surface area contributed by atoms with E-state index in [1.165, 1.54) is 5.56 Å². The first-order valence-electron chi connectivity index (χ1n) is 11.8. The molecule has 2 saturated heterocycles. The molecular weight excluding hydrogens is 418 g/mol. The summed E-state index contributed by atoms with van der Waals surface area (Å²) in [5, 5.41) is 0. The Kier molecular flexibility index (Phi) is 7.47. The van der Waals surface area contributed by atoms with Gasteiger partial charge in [-0.25, -0.2) is 0 Å². The molecule has 4 rings (SSSR count). The number of piperidine rings is 1. The second-order valence-corrected chi connectivity index (χ2v) is 8.91. The molecule has 33 heavy (non-hydrogen) atoms. The molecule has 0 N–H and O–H groups in total. The molecule has 3 heterocycles. The van der Waals surface area contributed by atoms with Crippen LogP contribution < -0.4 is 9.47 Å². The maximum Gasteiger partial charge on any atom is 0.228 e. The highest BCUT2D eigenvalue weighted by Gasteiger charge is 2.39. The lowest BCUT2D eigenvalue weighted by molar-refractivity contribution is -0.139. The van der Waals surface area contributed by atoms with Crippen molar-refractivity contribution in [3.05, 3.63) is 53.9 Å². The highest BCUT2D eigenvalue weighted by Crippen LogP contribution is 2.30. The van der Waals surface area contributed by atoms with Gasteiger partial charge in [-0.2, -0.15) is 0 Å². The number of aromatic nitrogens is 1. The van der Waals surface area contributed by atoms with Gasteiger partial charge in [0.25, 0.3) is 0 Å². The molecule has 176 valence electrons. The Bertz CT molecular complexity index is 965. The Hall–Kier alpha value is -3.09. The number of nitrogens with zero attached hydrogens (tertiary/aromatic N) is 3. The number of likely N-dealkylation sites (tertiary alicyclic amines) is 2. The van der Waals surface area contributed by atoms with Crippen LogP contribution >= 0.6 is 0 Å². The van der Waals surface area contributed by atoms with Gasteiger partial charge in [-0.05, 0) is 61.9 Å². The number of methoxy groups -OCH3 is 2. The fourth-order valence-corrected chi connectivity index (χ4v) is 4.97. The van der Waals surface area contributed by atoms with E-state index in [4.69, 9.17) is 9.47 Å². The van der Waals surface area contributed by atoms with Crippen LogP contribution in [0, 0.1) is 5.92 Å². The van der Waals surface area contributed by atoms with Gasteiger partial charge in [0, 0.05) is 31.7 Å². The Morgan fingerprint density at radius 1 is 1.12 bits per heavy atom. The van der Waals surface area contributed by atoms with Gasteiger partial charge < -0.3 is 19.3 Å². The Morgan fingerprint density at radius 3 is 2.73 bits per heavy atom. The molecule has 7 nitrogen and oxygen atoms in total. The highest BCUT2D eigenvalue weighted by molar-refractivity contribution is 5.89. The predicted molar refractivity (Wildman–Crippen MR) is 125 cm³/mol. The normalized spacial score (nSPS) is 20.7. The smallest absolute Gasteiger partial charge is 0.228 e. The van der Waals surface area contributed by atoms with E-state index in [2.05, 4.69) is 11.1 Å². The van der Waals surface area contributed by atoms with Crippen LogP contribution in [0.4, 0.5) is 0 Å². The van der Waals surface area contributed by atoms with Crippen molar-refractivity contribution in [2.45, 2.75) is 51.1 Å². The van der Waals surface area contributed by atoms with Gasteiger partial charge >= 0.3 is 0 Å². The largest absolute Gasteiger partial charge is 0.493 e. The van der Waals surface area contributed by atoms with E-state index in [0.29, 0.717) is 19.5 Å². The van der Waals surface area contributed by atoms with Crippen molar-refractivity contribution in [2.24, 2.45) is 5.92 Å². The van der Waals surface area contributed by atoms with Crippen molar-refractivity contribution in [2.75, 3.05) is 27.3 Å². The summed E-state index contributed by atoms with van der Waals surface area (Å²) in [7, 11) is 3.28. The van der Waals surface area contributed by atoms with Crippen LogP contribution in [0.25, 0.3) is 0 Å². The van der Waals surface area contributed by atoms with E-state index < -0.39 is 0 Å². The molecule has 2 aliphatic rings. The van der Waals surface area contributed by atoms with E-state index in [-0.39, 0.29) is 23.8 Å². The molecule has 7 heteroatoms. The summed E-state index contributed by atoms with van der Waals surface area (Å²) in [5.41, 5.74) is 2.02. The predicted octanol–water partition coefficient (Wildman–Crippen LogP) is 3.46. The number of amides is 2. The van der Waals surface area contributed by atoms with E-state index in [9.17, 15) is 9.59 Å². The van der Waals surface area contributed by atoms with E-state index in [1.54, 1.807) is 25.3 Å². The Labute approximate surface area is 195 Å². The van der Waals surface area contributed by atoms with Gasteiger partial charge in [-0.1, -0.05) is 12.1 Å². The molecule has 2 aromatic rings. The Balaban J connectivity index is 1.37. The van der Waals surface area contributed by atoms with Crippen LogP contribution in [-0.4, -0.2) is 59.9 Å². The molecule has 2 fully saturated rings. The SMILES string of the molecule is COc1ccc(CCC2CCCCN2C(=O)C2CC(=O)N(Cc3ccccn3)C2)cc1OC. The molecule has 1 aromatic heterocycles. The number of carbonyl (C=O) groups is 2. The molecule has 2 atom stereocenters. The summed E-state index contributed by atoms with van der Waals surface area (Å²) < 4.78 is 10.8. The third-order valence-electron chi connectivity index (χ3n) is 6.77. The van der Waals surface area contributed by atoms with Crippen molar-refractivity contribution in [1.29, 1.82) is 0 Å². The minimum Gasteiger partial charge on any atom is -0.493 e. The summed E-state index contributed by atoms with van der Waals surface area (Å²) in [6.07, 6.45) is 6.97. The molecule has 2 unspecified atom stereocenters. The summed E-state index contributed by atoms with van der Waals surface area (Å²) in [5.74, 6) is 1.35. The van der Waals surface area contributed by atoms with E-state index in [0.717, 1.165) is 55.8 Å². The lowest BCUT2D eigenvalue weighted by atomic mass is 9.93. The number of rotatable bonds is 8. The topological polar surface area (TPSA) is 72.0 Å². The molecular formula is C26H33N3O4. The van der Waals surface area contributed by atoms with Gasteiger partial charge in [-0.15, -0.1) is 0 Å². The van der Waals surface area contributed by atoms with Gasteiger partial charge in [-0.3, -0.25) is 14.6 Å². The standard InChI is InChI=1S/C26H33N3O4/c1-32-23-12-10-19(15-24(23)33-2)9-11-22-8-4-6-14-29(22)26(31)20-16-25(30)28(17-20)18-21-7-3-5-13-27-21/h3,5,7,10,12-13,15,20,22H,4,6,8-9,11,14,16-18H2,1-2H3. The fourth-order valence-electron chi connectivity index (χ4n) is 4.97. The molecule has 2 aliphatic heterocycles. The van der Waals surface area contributed by atoms with Gasteiger partial charge in [0.1, 0.15) is 0 Å². The first-order chi connectivity index (χ1) is 16.1. The van der Waals surface area contributed by atoms with Gasteiger partial charge in [0.05, 0.1) is 32.4 Å². The first kappa shape index (κ1) is 23.1. The molecule has 0 bridgehead atoms. The van der Waals surface area contributed by atoms with Gasteiger partial charge in [0.15, 0.2) is 11.5 Å². The lowest BCUT2D eigenvalue weighted by Gasteiger charge is -2.37. The monoisotopic (exact) mass is 451 g/mol. The molecule has 0 radical (unpaired) electrons. The van der Waals surface area contributed by atoms with Crippen molar-refractivity contribution in [1.82, 2.24) is 14.8 Å². The van der Waals surface area contributed by atoms with Gasteiger partial charge in [0.2, 0.25) is 11.8 Å². The quantitative estimate of drug-likeness (QED) is 0.615. The second kappa shape index (κ2) is 10.7. The second-order valence-electron chi connectivity index (χ2n) is 8.91. The zero-order chi connectivity index (χ0) is 23.2. The Morgan fingerprint density at radius 2 is 1.97 bits per heavy atom. The van der Waals surface area contributed by atoms with Crippen LogP contribution in [-0.2, 0) is 22.6 Å². The summed E-state index contributed by atoms with van der Waals surface area (Å²) in [4.78, 5) is 34.2. The van der Waals surface area contributed by atoms with Crippen molar-refractivity contribution >= 4 is 11.8 Å². The average Bonchev–Trinajstić information content (AvgIpc) is 3.22. The van der Waals surface area contributed by atoms with Crippen LogP contribution in [0.15, 0.2) is 42.6 Å². The lowest BCUT2D eigenvalue weighted by Crippen LogP contribution is -2.47. The van der Waals surface area contributed by atoms with Crippen LogP contribution in [0.3, 0.4) is 0 Å². The third kappa shape index (κ3) is 5.46. The van der Waals surface area contributed by atoms with Crippen LogP contribution in [0.1, 0.15) is 43.4 Å². The minimum atomic E-state index is -0.261. The maximum absolute atomic E-state index is 13.4. The number of ether oxygens (including phenoxy) is 2. The van der Waals surface area contributed by atoms with Crippen LogP contribution in [0.2, 0.25) is 0 Å². The number of hydrogen-bond donors (Lipinski definition) is 0. The van der Waals surface area contributed by atoms with Crippen molar-refractivity contribution in [3.8, 4) is 11.5 Å². The molecule has 0 spiro atoms. The first-order valence-corrected chi connectivity index (χ1v) is 11.8. The van der Waals surface area contributed by atoms with Crippen LogP contribution in [0.5, 0.6) is 11.5 Å². The maximum atomic E-state index is 13.4. The van der Waals surface area contributed by atoms with Crippen molar-refractivity contribution in [3.63, 3.8) is 0 Å². The molecule has 0 aliphatic carbocycles. The number of pyridine rings is 1. The van der Waals surface area contributed by atoms with Crippen molar-refractivity contribution < 1.29 is 19.1 Å². The zero-order valence-electron chi connectivity index (χ0n) is 19.5. The van der Waals surface area contributed by atoms with E-state index in [1.807, 2.05) is 35.2 Å². The number of aryl methyl sites for hydroxylation is 1. The highest BCUT2D eigenvalue weighted by atomic mass is 16.5.